The summed E-state index contributed by atoms with van der Waals surface area (Å²) in [5, 5.41) is 9.61. The van der Waals surface area contributed by atoms with Crippen LogP contribution in [-0.4, -0.2) is 35.2 Å². The summed E-state index contributed by atoms with van der Waals surface area (Å²) in [6, 6.07) is 0.555. The van der Waals surface area contributed by atoms with Crippen LogP contribution in [0.5, 0.6) is 0 Å². The average Bonchev–Trinajstić information content (AvgIpc) is 2.61. The maximum atomic E-state index is 12.8. The molecule has 0 aliphatic heterocycles. The first-order chi connectivity index (χ1) is 13.9. The van der Waals surface area contributed by atoms with Crippen LogP contribution in [0.15, 0.2) is 18.2 Å². The van der Waals surface area contributed by atoms with Gasteiger partial charge in [-0.1, -0.05) is 0 Å². The molecule has 0 unspecified atom stereocenters. The molecule has 1 saturated carbocycles. The minimum atomic E-state index is -5.08. The van der Waals surface area contributed by atoms with Gasteiger partial charge in [0.25, 0.3) is 5.91 Å². The second kappa shape index (κ2) is 9.75. The lowest BCUT2D eigenvalue weighted by molar-refractivity contribution is -0.192. The molecule has 2 rings (SSSR count). The Kier molecular flexibility index (Phi) is 8.34. The topological polar surface area (TPSA) is 92.4 Å². The second-order valence-electron chi connectivity index (χ2n) is 6.68. The Morgan fingerprint density at radius 2 is 1.23 bits per heavy atom. The van der Waals surface area contributed by atoms with Gasteiger partial charge in [-0.2, -0.15) is 39.5 Å². The number of nitrogens with two attached hydrogens (primary N) is 1. The zero-order valence-corrected chi connectivity index (χ0v) is 15.5. The molecule has 1 aliphatic rings. The highest BCUT2D eigenvalue weighted by atomic mass is 19.4. The molecule has 0 bridgehead atoms. The fourth-order valence-corrected chi connectivity index (χ4v) is 2.62. The summed E-state index contributed by atoms with van der Waals surface area (Å²) in [6.07, 6.45) is -12.7. The average molecular weight is 468 g/mol. The van der Waals surface area contributed by atoms with Crippen LogP contribution in [0.25, 0.3) is 0 Å². The minimum Gasteiger partial charge on any atom is -0.475 e. The fraction of sp³-hybridized carbons (Fsp3) is 0.529. The number of aliphatic carboxylic acids is 1. The van der Waals surface area contributed by atoms with Crippen molar-refractivity contribution in [3.63, 3.8) is 0 Å². The van der Waals surface area contributed by atoms with Gasteiger partial charge >= 0.3 is 24.5 Å². The highest BCUT2D eigenvalue weighted by molar-refractivity contribution is 5.94. The van der Waals surface area contributed by atoms with Gasteiger partial charge in [-0.3, -0.25) is 4.79 Å². The molecule has 0 aromatic heterocycles. The summed E-state index contributed by atoms with van der Waals surface area (Å²) in [5.41, 5.74) is 2.04. The van der Waals surface area contributed by atoms with Crippen LogP contribution in [-0.2, 0) is 17.1 Å². The zero-order valence-electron chi connectivity index (χ0n) is 15.5. The Morgan fingerprint density at radius 1 is 0.839 bits per heavy atom. The highest BCUT2D eigenvalue weighted by Gasteiger charge is 2.39. The Morgan fingerprint density at radius 3 is 1.55 bits per heavy atom. The van der Waals surface area contributed by atoms with E-state index in [9.17, 15) is 44.3 Å². The predicted octanol–water partition coefficient (Wildman–Crippen LogP) is 4.36. The summed E-state index contributed by atoms with van der Waals surface area (Å²) in [5.74, 6) is -3.71. The van der Waals surface area contributed by atoms with Gasteiger partial charge in [-0.05, 0) is 43.9 Å². The number of amides is 1. The van der Waals surface area contributed by atoms with Gasteiger partial charge in [0, 0.05) is 17.6 Å². The number of carboxylic acid groups (broad SMARTS) is 1. The molecule has 176 valence electrons. The molecule has 0 saturated heterocycles. The maximum absolute atomic E-state index is 12.8. The third-order valence-electron chi connectivity index (χ3n) is 4.20. The molecule has 1 aliphatic carbocycles. The van der Waals surface area contributed by atoms with Crippen molar-refractivity contribution in [3.05, 3.63) is 34.9 Å². The van der Waals surface area contributed by atoms with Crippen LogP contribution >= 0.6 is 0 Å². The fourth-order valence-electron chi connectivity index (χ4n) is 2.62. The van der Waals surface area contributed by atoms with Gasteiger partial charge in [0.2, 0.25) is 0 Å². The van der Waals surface area contributed by atoms with E-state index in [0.717, 1.165) is 0 Å². The molecule has 14 heteroatoms. The lowest BCUT2D eigenvalue weighted by atomic mass is 9.91. The number of rotatable bonds is 2. The number of hydrogen-bond donors (Lipinski definition) is 3. The van der Waals surface area contributed by atoms with Gasteiger partial charge in [0.05, 0.1) is 11.1 Å². The van der Waals surface area contributed by atoms with Crippen molar-refractivity contribution in [1.82, 2.24) is 5.32 Å². The number of hydrogen-bond acceptors (Lipinski definition) is 3. The number of carboxylic acids is 1. The Bertz CT molecular complexity index is 748. The van der Waals surface area contributed by atoms with Gasteiger partial charge in [0.15, 0.2) is 0 Å². The molecule has 5 nitrogen and oxygen atoms in total. The third-order valence-corrected chi connectivity index (χ3v) is 4.20. The van der Waals surface area contributed by atoms with Gasteiger partial charge < -0.3 is 16.2 Å². The van der Waals surface area contributed by atoms with Crippen molar-refractivity contribution >= 4 is 11.9 Å². The largest absolute Gasteiger partial charge is 0.490 e. The first-order valence-corrected chi connectivity index (χ1v) is 8.57. The van der Waals surface area contributed by atoms with E-state index in [-0.39, 0.29) is 18.2 Å². The highest BCUT2D eigenvalue weighted by Crippen LogP contribution is 2.36. The number of alkyl halides is 9. The quantitative estimate of drug-likeness (QED) is 0.563. The predicted molar refractivity (Wildman–Crippen MR) is 87.8 cm³/mol. The normalized spacial score (nSPS) is 19.8. The molecule has 1 aromatic carbocycles. The molecule has 1 amide bonds. The van der Waals surface area contributed by atoms with Gasteiger partial charge in [-0.15, -0.1) is 0 Å². The van der Waals surface area contributed by atoms with Crippen molar-refractivity contribution in [1.29, 1.82) is 0 Å². The molecular weight excluding hydrogens is 451 g/mol. The Balaban J connectivity index is 0.000000592. The molecule has 0 heterocycles. The summed E-state index contributed by atoms with van der Waals surface area (Å²) in [7, 11) is 0. The van der Waals surface area contributed by atoms with Crippen molar-refractivity contribution in [2.75, 3.05) is 0 Å². The molecule has 0 atom stereocenters. The minimum absolute atomic E-state index is 0.00328. The van der Waals surface area contributed by atoms with E-state index in [1.807, 2.05) is 0 Å². The number of nitrogens with one attached hydrogen (secondary N) is 1. The molecule has 31 heavy (non-hydrogen) atoms. The van der Waals surface area contributed by atoms with E-state index < -0.39 is 47.1 Å². The lowest BCUT2D eigenvalue weighted by Gasteiger charge is -2.27. The summed E-state index contributed by atoms with van der Waals surface area (Å²) >= 11 is 0. The third kappa shape index (κ3) is 8.63. The first kappa shape index (κ1) is 26.5. The molecule has 1 aromatic rings. The number of carbonyl (C=O) groups excluding carboxylic acids is 1. The SMILES string of the molecule is N[C@H]1CC[C@@H](NC(=O)c2cc(C(F)(F)F)cc(C(F)(F)F)c2)CC1.O=C(O)C(F)(F)F. The molecule has 0 radical (unpaired) electrons. The monoisotopic (exact) mass is 468 g/mol. The first-order valence-electron chi connectivity index (χ1n) is 8.57. The number of benzene rings is 1. The Labute approximate surface area is 169 Å². The van der Waals surface area contributed by atoms with Crippen LogP contribution in [0.1, 0.15) is 47.2 Å². The van der Waals surface area contributed by atoms with E-state index >= 15 is 0 Å². The summed E-state index contributed by atoms with van der Waals surface area (Å²) in [4.78, 5) is 21.0. The van der Waals surface area contributed by atoms with Crippen LogP contribution in [0, 0.1) is 0 Å². The molecule has 1 fully saturated rings. The van der Waals surface area contributed by atoms with Crippen LogP contribution in [0.3, 0.4) is 0 Å². The van der Waals surface area contributed by atoms with Crippen molar-refractivity contribution in [3.8, 4) is 0 Å². The van der Waals surface area contributed by atoms with Crippen molar-refractivity contribution < 1.29 is 54.2 Å². The van der Waals surface area contributed by atoms with Crippen LogP contribution in [0.4, 0.5) is 39.5 Å². The number of halogens is 9. The van der Waals surface area contributed by atoms with E-state index in [2.05, 4.69) is 5.32 Å². The van der Waals surface area contributed by atoms with Gasteiger partial charge in [0.1, 0.15) is 0 Å². The van der Waals surface area contributed by atoms with E-state index in [4.69, 9.17) is 15.6 Å². The van der Waals surface area contributed by atoms with E-state index in [1.54, 1.807) is 0 Å². The summed E-state index contributed by atoms with van der Waals surface area (Å²) < 4.78 is 108. The van der Waals surface area contributed by atoms with Crippen molar-refractivity contribution in [2.45, 2.75) is 56.3 Å². The van der Waals surface area contributed by atoms with Crippen LogP contribution < -0.4 is 11.1 Å². The smallest absolute Gasteiger partial charge is 0.475 e. The molecule has 4 N–H and O–H groups in total. The standard InChI is InChI=1S/C15H16F6N2O.C2HF3O2/c16-14(17,18)9-5-8(6-10(7-9)15(19,20)21)13(24)23-12-3-1-11(22)2-4-12;3-2(4,5)1(6)7/h5-7,11-12H,1-4,22H2,(H,23,24);(H,6,7)/t11-,12+;. The summed E-state index contributed by atoms with van der Waals surface area (Å²) in [6.45, 7) is 0. The zero-order chi connectivity index (χ0) is 24.2. The van der Waals surface area contributed by atoms with Crippen molar-refractivity contribution in [2.24, 2.45) is 5.73 Å². The van der Waals surface area contributed by atoms with Gasteiger partial charge in [-0.25, -0.2) is 4.79 Å². The van der Waals surface area contributed by atoms with Crippen LogP contribution in [0.2, 0.25) is 0 Å². The molecule has 0 spiro atoms. The molecular formula is C17H17F9N2O3. The number of carbonyl (C=O) groups is 2. The van der Waals surface area contributed by atoms with E-state index in [1.165, 1.54) is 0 Å². The second-order valence-corrected chi connectivity index (χ2v) is 6.68. The Hall–Kier alpha value is -2.51. The lowest BCUT2D eigenvalue weighted by Crippen LogP contribution is -2.40. The maximum Gasteiger partial charge on any atom is 0.490 e. The van der Waals surface area contributed by atoms with E-state index in [0.29, 0.717) is 37.8 Å².